The summed E-state index contributed by atoms with van der Waals surface area (Å²) in [5, 5.41) is 0. The Morgan fingerprint density at radius 2 is 2.24 bits per heavy atom. The number of aromatic amines is 1. The van der Waals surface area contributed by atoms with E-state index in [1.807, 2.05) is 0 Å². The number of H-pyrrole nitrogens is 1. The van der Waals surface area contributed by atoms with Crippen molar-refractivity contribution in [3.05, 3.63) is 22.7 Å². The smallest absolute Gasteiger partial charge is 0.290 e. The van der Waals surface area contributed by atoms with Crippen molar-refractivity contribution < 1.29 is 0 Å². The second-order valence-corrected chi connectivity index (χ2v) is 4.21. The van der Waals surface area contributed by atoms with Crippen molar-refractivity contribution in [3.8, 4) is 0 Å². The van der Waals surface area contributed by atoms with Crippen LogP contribution in [0.2, 0.25) is 0 Å². The Labute approximate surface area is 100 Å². The Morgan fingerprint density at radius 1 is 1.35 bits per heavy atom. The van der Waals surface area contributed by atoms with Gasteiger partial charge < -0.3 is 20.5 Å². The van der Waals surface area contributed by atoms with Gasteiger partial charge in [0.2, 0.25) is 0 Å². The molecule has 2 heterocycles. The van der Waals surface area contributed by atoms with Gasteiger partial charge in [0.1, 0.15) is 0 Å². The van der Waals surface area contributed by atoms with Crippen molar-refractivity contribution >= 4 is 5.82 Å². The Morgan fingerprint density at radius 3 is 3.00 bits per heavy atom. The average molecular weight is 237 g/mol. The average Bonchev–Trinajstić information content (AvgIpc) is 2.56. The van der Waals surface area contributed by atoms with Crippen LogP contribution in [-0.2, 0) is 0 Å². The van der Waals surface area contributed by atoms with Crippen LogP contribution in [0.5, 0.6) is 0 Å². The van der Waals surface area contributed by atoms with Crippen LogP contribution in [0.15, 0.2) is 17.2 Å². The molecule has 1 aliphatic rings. The molecule has 1 fully saturated rings. The third kappa shape index (κ3) is 3.04. The number of nitrogens with one attached hydrogen (secondary N) is 1. The van der Waals surface area contributed by atoms with Crippen molar-refractivity contribution in [1.82, 2.24) is 14.9 Å². The number of hydrogen-bond donors (Lipinski definition) is 2. The number of nitrogens with two attached hydrogens (primary N) is 1. The molecule has 0 aliphatic carbocycles. The lowest BCUT2D eigenvalue weighted by molar-refractivity contribution is 0.302. The zero-order chi connectivity index (χ0) is 12.1. The zero-order valence-electron chi connectivity index (χ0n) is 9.93. The lowest BCUT2D eigenvalue weighted by Crippen LogP contribution is -2.36. The molecule has 6 nitrogen and oxygen atoms in total. The van der Waals surface area contributed by atoms with Crippen LogP contribution >= 0.6 is 0 Å². The van der Waals surface area contributed by atoms with Gasteiger partial charge in [-0.3, -0.25) is 4.79 Å². The van der Waals surface area contributed by atoms with Crippen molar-refractivity contribution in [2.75, 3.05) is 44.2 Å². The van der Waals surface area contributed by atoms with Gasteiger partial charge in [0.15, 0.2) is 5.82 Å². The fraction of sp³-hybridized carbons (Fsp3) is 0.636. The van der Waals surface area contributed by atoms with E-state index in [9.17, 15) is 4.79 Å². The minimum Gasteiger partial charge on any atom is -0.351 e. The highest BCUT2D eigenvalue weighted by atomic mass is 16.1. The molecule has 6 heteroatoms. The topological polar surface area (TPSA) is 78.2 Å². The maximum Gasteiger partial charge on any atom is 0.290 e. The van der Waals surface area contributed by atoms with Crippen molar-refractivity contribution in [2.24, 2.45) is 5.73 Å². The van der Waals surface area contributed by atoms with Gasteiger partial charge in [-0.1, -0.05) is 0 Å². The number of nitrogens with zero attached hydrogens (tertiary/aromatic N) is 3. The van der Waals surface area contributed by atoms with Gasteiger partial charge in [-0.05, 0) is 13.0 Å². The predicted molar refractivity (Wildman–Crippen MR) is 67.2 cm³/mol. The monoisotopic (exact) mass is 237 g/mol. The largest absolute Gasteiger partial charge is 0.351 e. The number of anilines is 1. The second kappa shape index (κ2) is 5.79. The van der Waals surface area contributed by atoms with E-state index < -0.39 is 0 Å². The van der Waals surface area contributed by atoms with Gasteiger partial charge in [-0.25, -0.2) is 4.98 Å². The molecule has 94 valence electrons. The van der Waals surface area contributed by atoms with E-state index in [1.54, 1.807) is 12.4 Å². The highest BCUT2D eigenvalue weighted by Crippen LogP contribution is 2.08. The maximum absolute atomic E-state index is 11.6. The van der Waals surface area contributed by atoms with E-state index in [-0.39, 0.29) is 5.56 Å². The van der Waals surface area contributed by atoms with Gasteiger partial charge >= 0.3 is 0 Å². The van der Waals surface area contributed by atoms with E-state index in [2.05, 4.69) is 19.8 Å². The van der Waals surface area contributed by atoms with Crippen LogP contribution in [0, 0.1) is 0 Å². The summed E-state index contributed by atoms with van der Waals surface area (Å²) in [6, 6.07) is 0. The molecule has 3 N–H and O–H groups in total. The fourth-order valence-electron chi connectivity index (χ4n) is 2.16. The summed E-state index contributed by atoms with van der Waals surface area (Å²) in [6.45, 7) is 5.30. The maximum atomic E-state index is 11.6. The van der Waals surface area contributed by atoms with Crippen molar-refractivity contribution in [1.29, 1.82) is 0 Å². The molecule has 0 amide bonds. The van der Waals surface area contributed by atoms with Crippen LogP contribution in [0.1, 0.15) is 6.42 Å². The lowest BCUT2D eigenvalue weighted by atomic mass is 10.4. The molecular formula is C11H19N5O. The standard InChI is InChI=1S/C11H19N5O/c12-2-7-15-5-1-6-16(9-8-15)10-11(17)14-4-3-13-10/h3-4H,1-2,5-9,12H2,(H,14,17). The minimum atomic E-state index is -0.111. The molecule has 0 aromatic carbocycles. The first-order valence-corrected chi connectivity index (χ1v) is 6.02. The predicted octanol–water partition coefficient (Wildman–Crippen LogP) is -0.759. The first-order valence-electron chi connectivity index (χ1n) is 6.02. The molecule has 0 atom stereocenters. The van der Waals surface area contributed by atoms with Crippen LogP contribution < -0.4 is 16.2 Å². The van der Waals surface area contributed by atoms with Crippen LogP contribution in [-0.4, -0.2) is 54.1 Å². The summed E-state index contributed by atoms with van der Waals surface area (Å²) in [7, 11) is 0. The number of aromatic nitrogens is 2. The summed E-state index contributed by atoms with van der Waals surface area (Å²) in [5.74, 6) is 0.530. The van der Waals surface area contributed by atoms with E-state index in [0.717, 1.165) is 39.1 Å². The van der Waals surface area contributed by atoms with E-state index >= 15 is 0 Å². The van der Waals surface area contributed by atoms with Crippen LogP contribution in [0.3, 0.4) is 0 Å². The Kier molecular flexibility index (Phi) is 4.11. The van der Waals surface area contributed by atoms with E-state index in [4.69, 9.17) is 5.73 Å². The lowest BCUT2D eigenvalue weighted by Gasteiger charge is -2.21. The molecule has 0 saturated carbocycles. The van der Waals surface area contributed by atoms with Gasteiger partial charge in [0.05, 0.1) is 0 Å². The highest BCUT2D eigenvalue weighted by Gasteiger charge is 2.17. The summed E-state index contributed by atoms with van der Waals surface area (Å²) >= 11 is 0. The molecule has 1 saturated heterocycles. The fourth-order valence-corrected chi connectivity index (χ4v) is 2.16. The zero-order valence-corrected chi connectivity index (χ0v) is 9.93. The first-order chi connectivity index (χ1) is 8.31. The van der Waals surface area contributed by atoms with E-state index in [0.29, 0.717) is 12.4 Å². The summed E-state index contributed by atoms with van der Waals surface area (Å²) < 4.78 is 0. The van der Waals surface area contributed by atoms with E-state index in [1.165, 1.54) is 0 Å². The summed E-state index contributed by atoms with van der Waals surface area (Å²) in [6.07, 6.45) is 4.22. The van der Waals surface area contributed by atoms with Crippen molar-refractivity contribution in [3.63, 3.8) is 0 Å². The van der Waals surface area contributed by atoms with Crippen LogP contribution in [0.4, 0.5) is 5.82 Å². The molecule has 0 bridgehead atoms. The molecular weight excluding hydrogens is 218 g/mol. The highest BCUT2D eigenvalue weighted by molar-refractivity contribution is 5.35. The van der Waals surface area contributed by atoms with Crippen molar-refractivity contribution in [2.45, 2.75) is 6.42 Å². The molecule has 1 aromatic rings. The summed E-state index contributed by atoms with van der Waals surface area (Å²) in [5.41, 5.74) is 5.45. The Balaban J connectivity index is 2.04. The van der Waals surface area contributed by atoms with Crippen LogP contribution in [0.25, 0.3) is 0 Å². The minimum absolute atomic E-state index is 0.111. The second-order valence-electron chi connectivity index (χ2n) is 4.21. The molecule has 1 aromatic heterocycles. The SMILES string of the molecule is NCCN1CCCN(c2ncc[nH]c2=O)CC1. The molecule has 2 rings (SSSR count). The van der Waals surface area contributed by atoms with Gasteiger partial charge in [0.25, 0.3) is 5.56 Å². The normalized spacial score (nSPS) is 18.1. The molecule has 0 spiro atoms. The summed E-state index contributed by atoms with van der Waals surface area (Å²) in [4.78, 5) is 22.8. The molecule has 1 aliphatic heterocycles. The number of hydrogen-bond acceptors (Lipinski definition) is 5. The third-order valence-electron chi connectivity index (χ3n) is 3.02. The molecule has 17 heavy (non-hydrogen) atoms. The first kappa shape index (κ1) is 12.1. The third-order valence-corrected chi connectivity index (χ3v) is 3.02. The Hall–Kier alpha value is -1.40. The molecule has 0 unspecified atom stereocenters. The molecule has 0 radical (unpaired) electrons. The van der Waals surface area contributed by atoms with Gasteiger partial charge in [-0.15, -0.1) is 0 Å². The van der Waals surface area contributed by atoms with Gasteiger partial charge in [-0.2, -0.15) is 0 Å². The van der Waals surface area contributed by atoms with Gasteiger partial charge in [0, 0.05) is 45.1 Å². The Bertz CT molecular complexity index is 405. The number of rotatable bonds is 3. The quantitative estimate of drug-likeness (QED) is 0.722.